The number of hydrogen-bond donors (Lipinski definition) is 1. The minimum atomic E-state index is -0.105. The Labute approximate surface area is 124 Å². The van der Waals surface area contributed by atoms with Crippen molar-refractivity contribution >= 4 is 11.3 Å². The van der Waals surface area contributed by atoms with Crippen LogP contribution in [0.3, 0.4) is 0 Å². The highest BCUT2D eigenvalue weighted by Gasteiger charge is 2.22. The van der Waals surface area contributed by atoms with Gasteiger partial charge in [-0.1, -0.05) is 6.92 Å². The third kappa shape index (κ3) is 3.52. The molecule has 0 aliphatic rings. The van der Waals surface area contributed by atoms with Crippen molar-refractivity contribution < 1.29 is 9.47 Å². The molecule has 0 fully saturated rings. The average molecular weight is 291 g/mol. The number of methoxy groups -OCH3 is 1. The Balaban J connectivity index is 2.18. The molecule has 1 aromatic heterocycles. The van der Waals surface area contributed by atoms with Crippen LogP contribution in [-0.4, -0.2) is 13.2 Å². The molecule has 0 aliphatic heterocycles. The van der Waals surface area contributed by atoms with Crippen molar-refractivity contribution in [3.63, 3.8) is 0 Å². The van der Waals surface area contributed by atoms with Crippen LogP contribution >= 0.6 is 11.3 Å². The fourth-order valence-corrected chi connectivity index (χ4v) is 2.96. The summed E-state index contributed by atoms with van der Waals surface area (Å²) < 4.78 is 11.2. The van der Waals surface area contributed by atoms with E-state index in [1.54, 1.807) is 18.4 Å². The van der Waals surface area contributed by atoms with Crippen molar-refractivity contribution in [3.05, 3.63) is 46.2 Å². The molecule has 2 rings (SSSR count). The SMILES string of the molecule is CCC(N)C(Oc1ccc(OC)cc1)c1ccc(C)s1. The molecule has 0 amide bonds. The van der Waals surface area contributed by atoms with Gasteiger partial charge in [-0.15, -0.1) is 11.3 Å². The second-order valence-corrected chi connectivity index (χ2v) is 6.05. The summed E-state index contributed by atoms with van der Waals surface area (Å²) in [6, 6.07) is 11.8. The Hall–Kier alpha value is -1.52. The van der Waals surface area contributed by atoms with E-state index in [1.165, 1.54) is 9.75 Å². The minimum Gasteiger partial charge on any atom is -0.497 e. The van der Waals surface area contributed by atoms with Crippen LogP contribution in [0.15, 0.2) is 36.4 Å². The minimum absolute atomic E-state index is 0.0184. The molecular formula is C16H21NO2S. The summed E-state index contributed by atoms with van der Waals surface area (Å²) in [6.07, 6.45) is 0.768. The van der Waals surface area contributed by atoms with Crippen LogP contribution in [-0.2, 0) is 0 Å². The van der Waals surface area contributed by atoms with E-state index in [4.69, 9.17) is 15.2 Å². The molecule has 1 aromatic carbocycles. The van der Waals surface area contributed by atoms with Crippen LogP contribution in [0, 0.1) is 6.92 Å². The Morgan fingerprint density at radius 1 is 1.10 bits per heavy atom. The van der Waals surface area contributed by atoms with E-state index in [0.29, 0.717) is 0 Å². The van der Waals surface area contributed by atoms with Gasteiger partial charge >= 0.3 is 0 Å². The van der Waals surface area contributed by atoms with Gasteiger partial charge in [-0.05, 0) is 49.7 Å². The molecule has 1 heterocycles. The zero-order valence-corrected chi connectivity index (χ0v) is 12.9. The zero-order valence-electron chi connectivity index (χ0n) is 12.1. The molecule has 0 saturated heterocycles. The topological polar surface area (TPSA) is 44.5 Å². The lowest BCUT2D eigenvalue weighted by molar-refractivity contribution is 0.174. The monoisotopic (exact) mass is 291 g/mol. The van der Waals surface area contributed by atoms with Gasteiger partial charge in [-0.25, -0.2) is 0 Å². The van der Waals surface area contributed by atoms with Crippen LogP contribution in [0.2, 0.25) is 0 Å². The van der Waals surface area contributed by atoms with E-state index >= 15 is 0 Å². The van der Waals surface area contributed by atoms with Crippen molar-refractivity contribution in [2.24, 2.45) is 5.73 Å². The van der Waals surface area contributed by atoms with Crippen molar-refractivity contribution in [2.75, 3.05) is 7.11 Å². The van der Waals surface area contributed by atoms with Gasteiger partial charge in [0.15, 0.2) is 0 Å². The van der Waals surface area contributed by atoms with Gasteiger partial charge in [0.2, 0.25) is 0 Å². The van der Waals surface area contributed by atoms with Gasteiger partial charge in [-0.3, -0.25) is 0 Å². The number of rotatable bonds is 6. The molecule has 2 unspecified atom stereocenters. The van der Waals surface area contributed by atoms with Gasteiger partial charge in [-0.2, -0.15) is 0 Å². The molecule has 2 aromatic rings. The largest absolute Gasteiger partial charge is 0.497 e. The van der Waals surface area contributed by atoms with Gasteiger partial charge < -0.3 is 15.2 Å². The maximum Gasteiger partial charge on any atom is 0.148 e. The highest BCUT2D eigenvalue weighted by molar-refractivity contribution is 7.12. The first-order valence-electron chi connectivity index (χ1n) is 6.76. The maximum atomic E-state index is 6.22. The van der Waals surface area contributed by atoms with Crippen LogP contribution in [0.5, 0.6) is 11.5 Å². The van der Waals surface area contributed by atoms with Crippen molar-refractivity contribution in [2.45, 2.75) is 32.4 Å². The molecule has 2 N–H and O–H groups in total. The normalized spacial score (nSPS) is 13.8. The molecule has 0 aliphatic carbocycles. The predicted octanol–water partition coefficient (Wildman–Crippen LogP) is 3.92. The summed E-state index contributed by atoms with van der Waals surface area (Å²) in [7, 11) is 1.65. The molecule has 0 bridgehead atoms. The molecule has 4 heteroatoms. The van der Waals surface area contributed by atoms with Gasteiger partial charge in [0.1, 0.15) is 17.6 Å². The van der Waals surface area contributed by atoms with Crippen molar-refractivity contribution in [3.8, 4) is 11.5 Å². The molecule has 0 radical (unpaired) electrons. The summed E-state index contributed by atoms with van der Waals surface area (Å²) in [4.78, 5) is 2.44. The maximum absolute atomic E-state index is 6.22. The Kier molecular flexibility index (Phi) is 5.04. The molecule has 3 nitrogen and oxygen atoms in total. The number of ether oxygens (including phenoxy) is 2. The molecule has 108 valence electrons. The van der Waals surface area contributed by atoms with E-state index in [2.05, 4.69) is 26.0 Å². The molecule has 20 heavy (non-hydrogen) atoms. The summed E-state index contributed by atoms with van der Waals surface area (Å²) in [5, 5.41) is 0. The summed E-state index contributed by atoms with van der Waals surface area (Å²) in [5.74, 6) is 1.63. The summed E-state index contributed by atoms with van der Waals surface area (Å²) >= 11 is 1.74. The number of benzene rings is 1. The van der Waals surface area contributed by atoms with Crippen molar-refractivity contribution in [1.82, 2.24) is 0 Å². The lowest BCUT2D eigenvalue weighted by Crippen LogP contribution is -2.30. The van der Waals surface area contributed by atoms with Crippen molar-refractivity contribution in [1.29, 1.82) is 0 Å². The van der Waals surface area contributed by atoms with E-state index in [9.17, 15) is 0 Å². The third-order valence-corrected chi connectivity index (χ3v) is 4.29. The van der Waals surface area contributed by atoms with E-state index in [-0.39, 0.29) is 12.1 Å². The summed E-state index contributed by atoms with van der Waals surface area (Å²) in [6.45, 7) is 4.17. The second-order valence-electron chi connectivity index (χ2n) is 4.73. The van der Waals surface area contributed by atoms with Crippen LogP contribution in [0.4, 0.5) is 0 Å². The van der Waals surface area contributed by atoms with Crippen LogP contribution < -0.4 is 15.2 Å². The Bertz CT molecular complexity index is 536. The Morgan fingerprint density at radius 3 is 2.25 bits per heavy atom. The van der Waals surface area contributed by atoms with Gasteiger partial charge in [0.05, 0.1) is 7.11 Å². The number of aryl methyl sites for hydroxylation is 1. The lowest BCUT2D eigenvalue weighted by atomic mass is 10.1. The molecule has 0 saturated carbocycles. The number of hydrogen-bond acceptors (Lipinski definition) is 4. The van der Waals surface area contributed by atoms with Crippen LogP contribution in [0.25, 0.3) is 0 Å². The molecule has 0 spiro atoms. The van der Waals surface area contributed by atoms with E-state index in [0.717, 1.165) is 17.9 Å². The van der Waals surface area contributed by atoms with Gasteiger partial charge in [0.25, 0.3) is 0 Å². The highest BCUT2D eigenvalue weighted by atomic mass is 32.1. The molecular weight excluding hydrogens is 270 g/mol. The van der Waals surface area contributed by atoms with E-state index in [1.807, 2.05) is 24.3 Å². The van der Waals surface area contributed by atoms with Gasteiger partial charge in [0, 0.05) is 15.8 Å². The average Bonchev–Trinajstić information content (AvgIpc) is 2.91. The zero-order chi connectivity index (χ0) is 14.5. The highest BCUT2D eigenvalue weighted by Crippen LogP contribution is 2.31. The quantitative estimate of drug-likeness (QED) is 0.877. The third-order valence-electron chi connectivity index (χ3n) is 3.22. The van der Waals surface area contributed by atoms with Crippen LogP contribution in [0.1, 0.15) is 29.2 Å². The first kappa shape index (κ1) is 14.9. The summed E-state index contributed by atoms with van der Waals surface area (Å²) in [5.41, 5.74) is 6.22. The van der Waals surface area contributed by atoms with E-state index < -0.39 is 0 Å². The smallest absolute Gasteiger partial charge is 0.148 e. The molecule has 2 atom stereocenters. The first-order valence-corrected chi connectivity index (χ1v) is 7.58. The second kappa shape index (κ2) is 6.77. The fourth-order valence-electron chi connectivity index (χ4n) is 1.98. The Morgan fingerprint density at radius 2 is 1.75 bits per heavy atom. The standard InChI is InChI=1S/C16H21NO2S/c1-4-14(17)16(15-10-5-11(2)20-15)19-13-8-6-12(18-3)7-9-13/h5-10,14,16H,4,17H2,1-3H3. The predicted molar refractivity (Wildman–Crippen MR) is 83.7 cm³/mol. The first-order chi connectivity index (χ1) is 9.63. The number of thiophene rings is 1. The number of nitrogens with two attached hydrogens (primary N) is 1. The fraction of sp³-hybridized carbons (Fsp3) is 0.375. The lowest BCUT2D eigenvalue weighted by Gasteiger charge is -2.23.